The van der Waals surface area contributed by atoms with E-state index < -0.39 is 21.8 Å². The number of allylic oxidation sites excluding steroid dienone is 1. The Morgan fingerprint density at radius 3 is 2.25 bits per heavy atom. The molecule has 2 aromatic carbocycles. The first-order valence-corrected chi connectivity index (χ1v) is 8.50. The second-order valence-electron chi connectivity index (χ2n) is 5.27. The van der Waals surface area contributed by atoms with Crippen molar-refractivity contribution in [2.45, 2.75) is 24.5 Å². The predicted octanol–water partition coefficient (Wildman–Crippen LogP) is 4.05. The standard InChI is InChI=1S/C17H16F3NO2S/c1-12-7-9-15(10-8-12)24(22,23)21-11-14-5-3-4-6-16(14)13(2)17(18,19)20/h3-10,21H,2,11H2,1H3. The number of hydrogen-bond acceptors (Lipinski definition) is 2. The topological polar surface area (TPSA) is 46.2 Å². The van der Waals surface area contributed by atoms with Gasteiger partial charge >= 0.3 is 6.18 Å². The Kier molecular flexibility index (Phi) is 5.15. The molecule has 0 radical (unpaired) electrons. The number of nitrogens with one attached hydrogen (secondary N) is 1. The molecule has 0 bridgehead atoms. The first-order chi connectivity index (χ1) is 11.1. The van der Waals surface area contributed by atoms with Gasteiger partial charge < -0.3 is 0 Å². The van der Waals surface area contributed by atoms with Gasteiger partial charge in [-0.2, -0.15) is 13.2 Å². The van der Waals surface area contributed by atoms with Crippen molar-refractivity contribution < 1.29 is 21.6 Å². The van der Waals surface area contributed by atoms with Gasteiger partial charge in [-0.15, -0.1) is 0 Å². The Morgan fingerprint density at radius 1 is 1.08 bits per heavy atom. The SMILES string of the molecule is C=C(c1ccccc1CNS(=O)(=O)c1ccc(C)cc1)C(F)(F)F. The minimum absolute atomic E-state index is 0.0558. The highest BCUT2D eigenvalue weighted by molar-refractivity contribution is 7.89. The molecule has 0 saturated heterocycles. The molecule has 2 rings (SSSR count). The van der Waals surface area contributed by atoms with Gasteiger partial charge in [0.15, 0.2) is 0 Å². The van der Waals surface area contributed by atoms with E-state index in [1.54, 1.807) is 18.2 Å². The van der Waals surface area contributed by atoms with Crippen LogP contribution in [0.3, 0.4) is 0 Å². The fourth-order valence-electron chi connectivity index (χ4n) is 2.10. The molecule has 24 heavy (non-hydrogen) atoms. The third-order valence-corrected chi connectivity index (χ3v) is 4.89. The molecule has 2 aromatic rings. The van der Waals surface area contributed by atoms with Crippen molar-refractivity contribution in [2.24, 2.45) is 0 Å². The van der Waals surface area contributed by atoms with Gasteiger partial charge in [0.05, 0.1) is 10.5 Å². The normalized spacial score (nSPS) is 12.2. The average Bonchev–Trinajstić information content (AvgIpc) is 2.52. The van der Waals surface area contributed by atoms with E-state index in [4.69, 9.17) is 0 Å². The summed E-state index contributed by atoms with van der Waals surface area (Å²) in [5.41, 5.74) is -0.0273. The number of sulfonamides is 1. The minimum atomic E-state index is -4.58. The maximum atomic E-state index is 12.9. The monoisotopic (exact) mass is 355 g/mol. The molecule has 1 N–H and O–H groups in total. The van der Waals surface area contributed by atoms with Crippen molar-refractivity contribution in [3.8, 4) is 0 Å². The van der Waals surface area contributed by atoms with Crippen LogP contribution in [0.2, 0.25) is 0 Å². The van der Waals surface area contributed by atoms with Crippen LogP contribution in [-0.4, -0.2) is 14.6 Å². The third kappa shape index (κ3) is 4.24. The van der Waals surface area contributed by atoms with Crippen molar-refractivity contribution >= 4 is 15.6 Å². The highest BCUT2D eigenvalue weighted by Crippen LogP contribution is 2.33. The lowest BCUT2D eigenvalue weighted by atomic mass is 10.0. The van der Waals surface area contributed by atoms with Gasteiger partial charge in [0.25, 0.3) is 0 Å². The molecule has 128 valence electrons. The van der Waals surface area contributed by atoms with E-state index in [9.17, 15) is 21.6 Å². The summed E-state index contributed by atoms with van der Waals surface area (Å²) in [6.07, 6.45) is -4.58. The molecule has 0 amide bonds. The molecule has 0 atom stereocenters. The van der Waals surface area contributed by atoms with Gasteiger partial charge in [-0.3, -0.25) is 0 Å². The van der Waals surface area contributed by atoms with Crippen LogP contribution in [0, 0.1) is 6.92 Å². The van der Waals surface area contributed by atoms with E-state index in [0.717, 1.165) is 5.56 Å². The van der Waals surface area contributed by atoms with Gasteiger partial charge in [0.1, 0.15) is 0 Å². The number of halogens is 3. The predicted molar refractivity (Wildman–Crippen MR) is 86.7 cm³/mol. The summed E-state index contributed by atoms with van der Waals surface area (Å²) in [4.78, 5) is 0.0558. The van der Waals surface area contributed by atoms with Crippen LogP contribution in [0.25, 0.3) is 5.57 Å². The van der Waals surface area contributed by atoms with Gasteiger partial charge in [0.2, 0.25) is 10.0 Å². The molecule has 3 nitrogen and oxygen atoms in total. The molecule has 0 heterocycles. The highest BCUT2D eigenvalue weighted by atomic mass is 32.2. The summed E-state index contributed by atoms with van der Waals surface area (Å²) in [7, 11) is -3.81. The van der Waals surface area contributed by atoms with Crippen LogP contribution in [0.1, 0.15) is 16.7 Å². The fraction of sp³-hybridized carbons (Fsp3) is 0.176. The number of alkyl halides is 3. The lowest BCUT2D eigenvalue weighted by Gasteiger charge is -2.15. The summed E-state index contributed by atoms with van der Waals surface area (Å²) in [5.74, 6) is 0. The first-order valence-electron chi connectivity index (χ1n) is 7.02. The van der Waals surface area contributed by atoms with Crippen molar-refractivity contribution in [3.63, 3.8) is 0 Å². The number of hydrogen-bond donors (Lipinski definition) is 1. The van der Waals surface area contributed by atoms with Crippen LogP contribution in [-0.2, 0) is 16.6 Å². The Morgan fingerprint density at radius 2 is 1.67 bits per heavy atom. The maximum absolute atomic E-state index is 12.9. The van der Waals surface area contributed by atoms with Crippen molar-refractivity contribution in [2.75, 3.05) is 0 Å². The minimum Gasteiger partial charge on any atom is -0.207 e. The summed E-state index contributed by atoms with van der Waals surface area (Å²) in [6.45, 7) is 4.63. The Bertz CT molecular complexity index is 841. The van der Waals surface area contributed by atoms with Crippen LogP contribution >= 0.6 is 0 Å². The molecule has 7 heteroatoms. The van der Waals surface area contributed by atoms with Crippen molar-refractivity contribution in [1.82, 2.24) is 4.72 Å². The number of rotatable bonds is 5. The second kappa shape index (κ2) is 6.78. The van der Waals surface area contributed by atoms with Crippen LogP contribution in [0.4, 0.5) is 13.2 Å². The van der Waals surface area contributed by atoms with E-state index >= 15 is 0 Å². The van der Waals surface area contributed by atoms with Crippen molar-refractivity contribution in [3.05, 3.63) is 71.8 Å². The van der Waals surface area contributed by atoms with Gasteiger partial charge in [-0.1, -0.05) is 48.5 Å². The van der Waals surface area contributed by atoms with E-state index in [0.29, 0.717) is 0 Å². The van der Waals surface area contributed by atoms with Gasteiger partial charge in [-0.05, 0) is 30.2 Å². The second-order valence-corrected chi connectivity index (χ2v) is 7.04. The first kappa shape index (κ1) is 18.2. The highest BCUT2D eigenvalue weighted by Gasteiger charge is 2.33. The summed E-state index contributed by atoms with van der Waals surface area (Å²) in [6, 6.07) is 11.9. The van der Waals surface area contributed by atoms with E-state index in [-0.39, 0.29) is 22.6 Å². The summed E-state index contributed by atoms with van der Waals surface area (Å²) < 4.78 is 65.4. The molecular formula is C17H16F3NO2S. The molecule has 0 saturated carbocycles. The largest absolute Gasteiger partial charge is 0.416 e. The fourth-order valence-corrected chi connectivity index (χ4v) is 3.10. The lowest BCUT2D eigenvalue weighted by Crippen LogP contribution is -2.24. The molecule has 0 aliphatic carbocycles. The molecule has 0 fully saturated rings. The van der Waals surface area contributed by atoms with Crippen LogP contribution in [0.15, 0.2) is 60.0 Å². The zero-order chi connectivity index (χ0) is 18.0. The maximum Gasteiger partial charge on any atom is 0.416 e. The zero-order valence-electron chi connectivity index (χ0n) is 12.9. The van der Waals surface area contributed by atoms with E-state index in [1.165, 1.54) is 30.3 Å². The molecule has 0 aliphatic rings. The number of benzene rings is 2. The van der Waals surface area contributed by atoms with Gasteiger partial charge in [-0.25, -0.2) is 13.1 Å². The van der Waals surface area contributed by atoms with E-state index in [1.807, 2.05) is 6.92 Å². The molecule has 0 aliphatic heterocycles. The smallest absolute Gasteiger partial charge is 0.207 e. The van der Waals surface area contributed by atoms with Crippen molar-refractivity contribution in [1.29, 1.82) is 0 Å². The summed E-state index contributed by atoms with van der Waals surface area (Å²) in [5, 5.41) is 0. The molecule has 0 spiro atoms. The molecule has 0 aromatic heterocycles. The quantitative estimate of drug-likeness (QED) is 0.880. The van der Waals surface area contributed by atoms with E-state index in [2.05, 4.69) is 11.3 Å². The zero-order valence-corrected chi connectivity index (χ0v) is 13.7. The lowest BCUT2D eigenvalue weighted by molar-refractivity contribution is -0.0687. The van der Waals surface area contributed by atoms with Crippen LogP contribution in [0.5, 0.6) is 0 Å². The molecular weight excluding hydrogens is 339 g/mol. The van der Waals surface area contributed by atoms with Gasteiger partial charge in [0, 0.05) is 6.54 Å². The molecule has 0 unspecified atom stereocenters. The third-order valence-electron chi connectivity index (χ3n) is 3.47. The average molecular weight is 355 g/mol. The number of aryl methyl sites for hydroxylation is 1. The Balaban J connectivity index is 2.24. The summed E-state index contributed by atoms with van der Waals surface area (Å²) >= 11 is 0. The Hall–Kier alpha value is -2.12. The Labute approximate surface area is 138 Å². The van der Waals surface area contributed by atoms with Crippen LogP contribution < -0.4 is 4.72 Å².